The minimum absolute atomic E-state index is 0.348. The second kappa shape index (κ2) is 3.96. The Balaban J connectivity index is 2.28. The Morgan fingerprint density at radius 2 is 2.07 bits per heavy atom. The number of rotatable bonds is 3. The fourth-order valence-corrected chi connectivity index (χ4v) is 1.26. The molecule has 0 unspecified atom stereocenters. The number of aromatic nitrogens is 1. The van der Waals surface area contributed by atoms with Gasteiger partial charge in [0.2, 0.25) is 12.3 Å². The zero-order valence-electron chi connectivity index (χ0n) is 8.23. The molecule has 76 valence electrons. The van der Waals surface area contributed by atoms with E-state index >= 15 is 0 Å². The second-order valence-corrected chi connectivity index (χ2v) is 3.20. The van der Waals surface area contributed by atoms with E-state index in [9.17, 15) is 4.79 Å². The van der Waals surface area contributed by atoms with E-state index in [1.165, 1.54) is 5.56 Å². The van der Waals surface area contributed by atoms with Gasteiger partial charge in [-0.05, 0) is 6.92 Å². The highest BCUT2D eigenvalue weighted by molar-refractivity contribution is 5.71. The van der Waals surface area contributed by atoms with E-state index in [-0.39, 0.29) is 0 Å². The molecule has 0 spiro atoms. The first kappa shape index (κ1) is 9.45. The van der Waals surface area contributed by atoms with Gasteiger partial charge in [0.1, 0.15) is 5.69 Å². The largest absolute Gasteiger partial charge is 0.338 e. The van der Waals surface area contributed by atoms with Crippen LogP contribution in [0.5, 0.6) is 0 Å². The summed E-state index contributed by atoms with van der Waals surface area (Å²) in [5, 5.41) is 6.24. The third kappa shape index (κ3) is 2.04. The van der Waals surface area contributed by atoms with E-state index in [1.807, 2.05) is 31.2 Å². The maximum Gasteiger partial charge on any atom is 0.231 e. The Kier molecular flexibility index (Phi) is 2.49. The van der Waals surface area contributed by atoms with Crippen LogP contribution < -0.4 is 5.32 Å². The van der Waals surface area contributed by atoms with Gasteiger partial charge in [-0.2, -0.15) is 0 Å². The molecule has 0 radical (unpaired) electrons. The second-order valence-electron chi connectivity index (χ2n) is 3.20. The van der Waals surface area contributed by atoms with Crippen LogP contribution in [0.1, 0.15) is 5.56 Å². The molecule has 1 aromatic carbocycles. The minimum atomic E-state index is 0.348. The van der Waals surface area contributed by atoms with Crippen LogP contribution >= 0.6 is 0 Å². The van der Waals surface area contributed by atoms with E-state index in [1.54, 1.807) is 6.07 Å². The van der Waals surface area contributed by atoms with Crippen LogP contribution in [0.3, 0.4) is 0 Å². The molecule has 0 aliphatic heterocycles. The number of nitrogens with zero attached hydrogens (tertiary/aromatic N) is 1. The first-order valence-corrected chi connectivity index (χ1v) is 4.53. The molecular weight excluding hydrogens is 192 g/mol. The van der Waals surface area contributed by atoms with Crippen LogP contribution in [-0.2, 0) is 4.79 Å². The molecule has 0 fully saturated rings. The molecule has 2 rings (SSSR count). The molecule has 1 aromatic heterocycles. The van der Waals surface area contributed by atoms with E-state index < -0.39 is 0 Å². The van der Waals surface area contributed by atoms with Crippen molar-refractivity contribution in [3.05, 3.63) is 35.9 Å². The summed E-state index contributed by atoms with van der Waals surface area (Å²) in [6.45, 7) is 2.02. The van der Waals surface area contributed by atoms with Crippen LogP contribution in [0.2, 0.25) is 0 Å². The van der Waals surface area contributed by atoms with Gasteiger partial charge in [0.15, 0.2) is 0 Å². The van der Waals surface area contributed by atoms with Gasteiger partial charge in [-0.1, -0.05) is 35.0 Å². The lowest BCUT2D eigenvalue weighted by Crippen LogP contribution is -1.89. The van der Waals surface area contributed by atoms with Crippen molar-refractivity contribution in [3.63, 3.8) is 0 Å². The SMILES string of the molecule is Cc1ccc(-c2cc(NC=O)on2)cc1. The van der Waals surface area contributed by atoms with Gasteiger partial charge in [-0.3, -0.25) is 10.1 Å². The van der Waals surface area contributed by atoms with Gasteiger partial charge < -0.3 is 4.52 Å². The van der Waals surface area contributed by atoms with Gasteiger partial charge in [0.05, 0.1) is 0 Å². The summed E-state index contributed by atoms with van der Waals surface area (Å²) in [5.74, 6) is 0.348. The predicted octanol–water partition coefficient (Wildman–Crippen LogP) is 2.22. The van der Waals surface area contributed by atoms with Crippen molar-refractivity contribution in [1.82, 2.24) is 5.16 Å². The number of carbonyl (C=O) groups is 1. The van der Waals surface area contributed by atoms with Gasteiger partial charge in [-0.15, -0.1) is 0 Å². The van der Waals surface area contributed by atoms with Gasteiger partial charge in [0, 0.05) is 11.6 Å². The Morgan fingerprint density at radius 1 is 1.33 bits per heavy atom. The first-order chi connectivity index (χ1) is 7.29. The average molecular weight is 202 g/mol. The minimum Gasteiger partial charge on any atom is -0.338 e. The Morgan fingerprint density at radius 3 is 2.73 bits per heavy atom. The van der Waals surface area contributed by atoms with Crippen LogP contribution in [0.4, 0.5) is 5.88 Å². The van der Waals surface area contributed by atoms with Crippen LogP contribution in [0, 0.1) is 6.92 Å². The van der Waals surface area contributed by atoms with Gasteiger partial charge >= 0.3 is 0 Å². The molecule has 0 bridgehead atoms. The summed E-state index contributed by atoms with van der Waals surface area (Å²) in [6, 6.07) is 9.59. The molecule has 0 aliphatic carbocycles. The van der Waals surface area contributed by atoms with Crippen molar-refractivity contribution < 1.29 is 9.32 Å². The number of carbonyl (C=O) groups excluding carboxylic acids is 1. The molecule has 1 heterocycles. The molecule has 1 N–H and O–H groups in total. The number of nitrogens with one attached hydrogen (secondary N) is 1. The summed E-state index contributed by atoms with van der Waals surface area (Å²) in [6.07, 6.45) is 0.555. The molecule has 2 aromatic rings. The van der Waals surface area contributed by atoms with Crippen LogP contribution in [-0.4, -0.2) is 11.6 Å². The Labute approximate surface area is 86.9 Å². The molecule has 1 amide bonds. The number of hydrogen-bond donors (Lipinski definition) is 1. The van der Waals surface area contributed by atoms with E-state index in [0.29, 0.717) is 18.0 Å². The van der Waals surface area contributed by atoms with Gasteiger partial charge in [-0.25, -0.2) is 0 Å². The molecule has 0 atom stereocenters. The molecule has 0 saturated heterocycles. The number of anilines is 1. The summed E-state index contributed by atoms with van der Waals surface area (Å²) < 4.78 is 4.90. The molecule has 0 aliphatic rings. The van der Waals surface area contributed by atoms with Crippen molar-refractivity contribution in [2.45, 2.75) is 6.92 Å². The zero-order chi connectivity index (χ0) is 10.7. The maximum absolute atomic E-state index is 10.2. The van der Waals surface area contributed by atoms with E-state index in [0.717, 1.165) is 5.56 Å². The van der Waals surface area contributed by atoms with Crippen molar-refractivity contribution in [1.29, 1.82) is 0 Å². The number of hydrogen-bond acceptors (Lipinski definition) is 3. The van der Waals surface area contributed by atoms with Crippen molar-refractivity contribution >= 4 is 12.3 Å². The fraction of sp³-hybridized carbons (Fsp3) is 0.0909. The average Bonchev–Trinajstić information content (AvgIpc) is 2.68. The quantitative estimate of drug-likeness (QED) is 0.776. The molecule has 0 saturated carbocycles. The monoisotopic (exact) mass is 202 g/mol. The standard InChI is InChI=1S/C11H10N2O2/c1-8-2-4-9(5-3-8)10-6-11(12-7-14)15-13-10/h2-7H,1H3,(H,12,14). The maximum atomic E-state index is 10.2. The Bertz CT molecular complexity index is 460. The van der Waals surface area contributed by atoms with E-state index in [4.69, 9.17) is 4.52 Å². The summed E-state index contributed by atoms with van der Waals surface area (Å²) >= 11 is 0. The molecule has 4 heteroatoms. The van der Waals surface area contributed by atoms with Crippen molar-refractivity contribution in [2.75, 3.05) is 5.32 Å². The fourth-order valence-electron chi connectivity index (χ4n) is 1.26. The predicted molar refractivity (Wildman–Crippen MR) is 56.4 cm³/mol. The third-order valence-electron chi connectivity index (χ3n) is 2.06. The molecule has 4 nitrogen and oxygen atoms in total. The lowest BCUT2D eigenvalue weighted by Gasteiger charge is -1.95. The van der Waals surface area contributed by atoms with Crippen molar-refractivity contribution in [2.24, 2.45) is 0 Å². The smallest absolute Gasteiger partial charge is 0.231 e. The highest BCUT2D eigenvalue weighted by Gasteiger charge is 2.04. The normalized spacial score (nSPS) is 9.93. The summed E-state index contributed by atoms with van der Waals surface area (Å²) in [4.78, 5) is 10.2. The zero-order valence-corrected chi connectivity index (χ0v) is 8.23. The summed E-state index contributed by atoms with van der Waals surface area (Å²) in [5.41, 5.74) is 2.86. The first-order valence-electron chi connectivity index (χ1n) is 4.53. The highest BCUT2D eigenvalue weighted by atomic mass is 16.5. The molecular formula is C11H10N2O2. The van der Waals surface area contributed by atoms with Crippen LogP contribution in [0.25, 0.3) is 11.3 Å². The van der Waals surface area contributed by atoms with Gasteiger partial charge in [0.25, 0.3) is 0 Å². The highest BCUT2D eigenvalue weighted by Crippen LogP contribution is 2.21. The lowest BCUT2D eigenvalue weighted by molar-refractivity contribution is -0.105. The third-order valence-corrected chi connectivity index (χ3v) is 2.06. The summed E-state index contributed by atoms with van der Waals surface area (Å²) in [7, 11) is 0. The van der Waals surface area contributed by atoms with Crippen LogP contribution in [0.15, 0.2) is 34.9 Å². The topological polar surface area (TPSA) is 55.1 Å². The van der Waals surface area contributed by atoms with Crippen molar-refractivity contribution in [3.8, 4) is 11.3 Å². The lowest BCUT2D eigenvalue weighted by atomic mass is 10.1. The number of amides is 1. The number of benzene rings is 1. The number of aryl methyl sites for hydroxylation is 1. The molecule has 15 heavy (non-hydrogen) atoms. The Hall–Kier alpha value is -2.10. The van der Waals surface area contributed by atoms with E-state index in [2.05, 4.69) is 10.5 Å².